The number of benzene rings is 2. The van der Waals surface area contributed by atoms with Crippen LogP contribution in [0.5, 0.6) is 5.75 Å². The number of carbonyl (C=O) groups excluding carboxylic acids is 1. The third-order valence-corrected chi connectivity index (χ3v) is 10.6. The fourth-order valence-corrected chi connectivity index (χ4v) is 7.77. The average molecular weight is 589 g/mol. The lowest BCUT2D eigenvalue weighted by Gasteiger charge is -2.41. The number of ether oxygens (including phenoxy) is 2. The number of carbonyl (C=O) groups is 1. The van der Waals surface area contributed by atoms with Crippen molar-refractivity contribution >= 4 is 33.3 Å². The third kappa shape index (κ3) is 5.49. The van der Waals surface area contributed by atoms with Crippen LogP contribution >= 0.6 is 11.6 Å². The summed E-state index contributed by atoms with van der Waals surface area (Å²) in [5, 5.41) is 12.4. The van der Waals surface area contributed by atoms with Crippen LogP contribution in [0, 0.1) is 0 Å². The summed E-state index contributed by atoms with van der Waals surface area (Å²) >= 11 is 6.35. The molecule has 0 unspecified atom stereocenters. The molecule has 1 spiro atoms. The van der Waals surface area contributed by atoms with E-state index in [4.69, 9.17) is 21.1 Å². The maximum atomic E-state index is 13.2. The number of halogens is 1. The van der Waals surface area contributed by atoms with Crippen molar-refractivity contribution < 1.29 is 27.8 Å². The number of hydrogen-bond acceptors (Lipinski definition) is 7. The van der Waals surface area contributed by atoms with Crippen LogP contribution in [0.3, 0.4) is 0 Å². The van der Waals surface area contributed by atoms with Crippen molar-refractivity contribution in [2.45, 2.75) is 49.5 Å². The minimum absolute atomic E-state index is 0.148. The van der Waals surface area contributed by atoms with E-state index in [-0.39, 0.29) is 17.5 Å². The number of aliphatic hydroxyl groups is 1. The molecule has 1 N–H and O–H groups in total. The van der Waals surface area contributed by atoms with E-state index in [2.05, 4.69) is 17.0 Å². The number of likely N-dealkylation sites (N-methyl/N-ethyl adjacent to an activating group) is 1. The summed E-state index contributed by atoms with van der Waals surface area (Å²) < 4.78 is 39.0. The van der Waals surface area contributed by atoms with Gasteiger partial charge in [-0.05, 0) is 79.5 Å². The van der Waals surface area contributed by atoms with Gasteiger partial charge in [-0.3, -0.25) is 0 Å². The van der Waals surface area contributed by atoms with Crippen molar-refractivity contribution in [3.8, 4) is 5.75 Å². The Labute approximate surface area is 241 Å². The smallest absolute Gasteiger partial charge is 0.343 e. The lowest BCUT2D eigenvalue weighted by atomic mass is 9.70. The summed E-state index contributed by atoms with van der Waals surface area (Å²) in [4.78, 5) is 15.3. The molecule has 5 rings (SSSR count). The summed E-state index contributed by atoms with van der Waals surface area (Å²) in [5.41, 5.74) is 0.715. The lowest BCUT2D eigenvalue weighted by Crippen LogP contribution is -2.47. The van der Waals surface area contributed by atoms with Crippen LogP contribution in [0.2, 0.25) is 5.02 Å². The molecule has 0 saturated heterocycles. The number of fused-ring (bicyclic) bond motifs is 3. The Bertz CT molecular complexity index is 1410. The van der Waals surface area contributed by atoms with Crippen LogP contribution in [-0.4, -0.2) is 70.0 Å². The molecule has 40 heavy (non-hydrogen) atoms. The number of hydrogen-bond donors (Lipinski definition) is 1. The third-order valence-electron chi connectivity index (χ3n) is 8.48. The lowest BCUT2D eigenvalue weighted by molar-refractivity contribution is -0.161. The van der Waals surface area contributed by atoms with Gasteiger partial charge in [0.1, 0.15) is 11.5 Å². The van der Waals surface area contributed by atoms with Gasteiger partial charge in [-0.25, -0.2) is 17.5 Å². The minimum atomic E-state index is -4.02. The standard InChI is InChI=1S/C30H37ClN2O6S/c1-32-15-6-4-3-5-7-16-33-19-29(14-8-9-22-17-24(31)11-12-25(22)29)20-39-27-13-10-23(18-26(27)33)30(35,28(34)38-2)21-40(32,36)37/h4,6,10-13,17-18,35H,3,5,7-9,14-16,19-21H2,1-2H3/b6-4+/t29-,30-/m0/s1. The van der Waals surface area contributed by atoms with Crippen LogP contribution < -0.4 is 9.64 Å². The van der Waals surface area contributed by atoms with Gasteiger partial charge < -0.3 is 19.5 Å². The predicted octanol–water partition coefficient (Wildman–Crippen LogP) is 4.18. The topological polar surface area (TPSA) is 96.4 Å². The Balaban J connectivity index is 1.62. The van der Waals surface area contributed by atoms with Crippen molar-refractivity contribution in [3.05, 3.63) is 70.3 Å². The highest BCUT2D eigenvalue weighted by atomic mass is 35.5. The number of esters is 1. The second kappa shape index (κ2) is 11.4. The van der Waals surface area contributed by atoms with E-state index < -0.39 is 27.3 Å². The fraction of sp³-hybridized carbons (Fsp3) is 0.500. The molecule has 8 nitrogen and oxygen atoms in total. The minimum Gasteiger partial charge on any atom is -0.490 e. The molecule has 216 valence electrons. The number of sulfonamides is 1. The number of methoxy groups -OCH3 is 1. The van der Waals surface area contributed by atoms with Crippen LogP contribution in [0.25, 0.3) is 0 Å². The average Bonchev–Trinajstić information content (AvgIpc) is 3.08. The summed E-state index contributed by atoms with van der Waals surface area (Å²) in [5.74, 6) is -1.23. The van der Waals surface area contributed by atoms with E-state index in [0.717, 1.165) is 67.2 Å². The van der Waals surface area contributed by atoms with Gasteiger partial charge in [0.25, 0.3) is 0 Å². The Morgan fingerprint density at radius 1 is 1.12 bits per heavy atom. The maximum absolute atomic E-state index is 13.2. The van der Waals surface area contributed by atoms with Crippen molar-refractivity contribution in [1.82, 2.24) is 4.31 Å². The van der Waals surface area contributed by atoms with E-state index in [0.29, 0.717) is 18.9 Å². The van der Waals surface area contributed by atoms with Gasteiger partial charge in [-0.15, -0.1) is 0 Å². The number of nitrogens with zero attached hydrogens (tertiary/aromatic N) is 2. The van der Waals surface area contributed by atoms with E-state index in [1.165, 1.54) is 18.2 Å². The molecule has 2 aromatic rings. The van der Waals surface area contributed by atoms with E-state index in [1.807, 2.05) is 18.2 Å². The van der Waals surface area contributed by atoms with Gasteiger partial charge in [-0.1, -0.05) is 35.9 Å². The molecular formula is C30H37ClN2O6S. The molecule has 2 aromatic carbocycles. The van der Waals surface area contributed by atoms with Crippen LogP contribution in [0.15, 0.2) is 48.6 Å². The van der Waals surface area contributed by atoms with E-state index in [9.17, 15) is 18.3 Å². The van der Waals surface area contributed by atoms with Crippen molar-refractivity contribution in [2.75, 3.05) is 51.1 Å². The first-order valence-corrected chi connectivity index (χ1v) is 15.8. The molecule has 2 bridgehead atoms. The fourth-order valence-electron chi connectivity index (χ4n) is 6.23. The Hall–Kier alpha value is -2.59. The first kappa shape index (κ1) is 28.9. The largest absolute Gasteiger partial charge is 0.490 e. The molecule has 0 aromatic heterocycles. The van der Waals surface area contributed by atoms with Crippen LogP contribution in [0.1, 0.15) is 48.8 Å². The Morgan fingerprint density at radius 3 is 2.75 bits per heavy atom. The van der Waals surface area contributed by atoms with Gasteiger partial charge in [0, 0.05) is 37.1 Å². The molecule has 3 aliphatic rings. The zero-order chi connectivity index (χ0) is 28.5. The van der Waals surface area contributed by atoms with Gasteiger partial charge in [0.15, 0.2) is 0 Å². The molecule has 10 heteroatoms. The summed E-state index contributed by atoms with van der Waals surface area (Å²) in [7, 11) is -1.43. The molecule has 2 heterocycles. The highest BCUT2D eigenvalue weighted by Gasteiger charge is 2.46. The van der Waals surface area contributed by atoms with Crippen LogP contribution in [-0.2, 0) is 37.0 Å². The molecule has 2 aliphatic heterocycles. The van der Waals surface area contributed by atoms with E-state index in [1.54, 1.807) is 18.2 Å². The molecular weight excluding hydrogens is 552 g/mol. The van der Waals surface area contributed by atoms with Gasteiger partial charge in [0.2, 0.25) is 15.6 Å². The normalized spacial score (nSPS) is 27.9. The van der Waals surface area contributed by atoms with Crippen molar-refractivity contribution in [2.24, 2.45) is 0 Å². The highest BCUT2D eigenvalue weighted by Crippen LogP contribution is 2.45. The Morgan fingerprint density at radius 2 is 1.95 bits per heavy atom. The van der Waals surface area contributed by atoms with Crippen LogP contribution in [0.4, 0.5) is 5.69 Å². The monoisotopic (exact) mass is 588 g/mol. The van der Waals surface area contributed by atoms with Crippen molar-refractivity contribution in [3.63, 3.8) is 0 Å². The second-order valence-electron chi connectivity index (χ2n) is 11.2. The Kier molecular flexibility index (Phi) is 8.21. The van der Waals surface area contributed by atoms with Gasteiger partial charge >= 0.3 is 5.97 Å². The molecule has 0 radical (unpaired) electrons. The van der Waals surface area contributed by atoms with Gasteiger partial charge in [0.05, 0.1) is 19.4 Å². The summed E-state index contributed by atoms with van der Waals surface area (Å²) in [6.45, 7) is 2.06. The number of allylic oxidation sites excluding steroid dienone is 1. The molecule has 1 aliphatic carbocycles. The highest BCUT2D eigenvalue weighted by molar-refractivity contribution is 7.89. The zero-order valence-corrected chi connectivity index (χ0v) is 24.6. The molecule has 0 fully saturated rings. The first-order valence-electron chi connectivity index (χ1n) is 13.8. The maximum Gasteiger partial charge on any atom is 0.343 e. The summed E-state index contributed by atoms with van der Waals surface area (Å²) in [6, 6.07) is 11.1. The van der Waals surface area contributed by atoms with Gasteiger partial charge in [-0.2, -0.15) is 0 Å². The molecule has 2 atom stereocenters. The predicted molar refractivity (Wildman–Crippen MR) is 156 cm³/mol. The molecule has 0 saturated carbocycles. The molecule has 0 amide bonds. The van der Waals surface area contributed by atoms with Crippen molar-refractivity contribution in [1.29, 1.82) is 0 Å². The zero-order valence-electron chi connectivity index (χ0n) is 23.1. The van der Waals surface area contributed by atoms with E-state index >= 15 is 0 Å². The number of aryl methyl sites for hydroxylation is 1. The quantitative estimate of drug-likeness (QED) is 0.394. The number of rotatable bonds is 1. The second-order valence-corrected chi connectivity index (χ2v) is 13.7. The summed E-state index contributed by atoms with van der Waals surface area (Å²) in [6.07, 6.45) is 9.41. The SMILES string of the molecule is COC(=O)[C@]1(O)CS(=O)(=O)N(C)C/C=C/CCCCN2C[C@@]3(CCCc4cc(Cl)ccc43)COc3ccc1cc32. The number of anilines is 1. The first-order chi connectivity index (χ1) is 19.1.